The Labute approximate surface area is 152 Å². The number of benzene rings is 2. The summed E-state index contributed by atoms with van der Waals surface area (Å²) in [6, 6.07) is 13.7. The zero-order chi connectivity index (χ0) is 18.9. The second kappa shape index (κ2) is 9.36. The van der Waals surface area contributed by atoms with Crippen molar-refractivity contribution in [2.24, 2.45) is 0 Å². The summed E-state index contributed by atoms with van der Waals surface area (Å²) in [5.74, 6) is -1.27. The maximum atomic E-state index is 12.0. The molecule has 0 aliphatic rings. The van der Waals surface area contributed by atoms with Gasteiger partial charge >= 0.3 is 5.97 Å². The molecule has 3 N–H and O–H groups in total. The molecule has 0 saturated heterocycles. The van der Waals surface area contributed by atoms with Gasteiger partial charge in [-0.15, -0.1) is 0 Å². The maximum Gasteiger partial charge on any atom is 0.335 e. The third kappa shape index (κ3) is 5.44. The highest BCUT2D eigenvalue weighted by Gasteiger charge is 2.10. The number of amides is 2. The van der Waals surface area contributed by atoms with Crippen molar-refractivity contribution in [3.05, 3.63) is 70.8 Å². The van der Waals surface area contributed by atoms with Gasteiger partial charge in [0, 0.05) is 25.1 Å². The fraction of sp³-hybridized carbons (Fsp3) is 0.250. The Bertz CT molecular complexity index is 785. The van der Waals surface area contributed by atoms with Crippen molar-refractivity contribution in [1.82, 2.24) is 10.6 Å². The molecule has 6 heteroatoms. The summed E-state index contributed by atoms with van der Waals surface area (Å²) in [5, 5.41) is 14.7. The summed E-state index contributed by atoms with van der Waals surface area (Å²) in [6.45, 7) is 2.79. The molecular formula is C20H22N2O4. The molecule has 0 unspecified atom stereocenters. The van der Waals surface area contributed by atoms with Crippen molar-refractivity contribution in [1.29, 1.82) is 0 Å². The predicted octanol–water partition coefficient (Wildman–Crippen LogP) is 2.38. The number of hydrogen-bond acceptors (Lipinski definition) is 3. The number of aryl methyl sites for hydroxylation is 1. The number of rotatable bonds is 8. The van der Waals surface area contributed by atoms with E-state index < -0.39 is 5.97 Å². The molecule has 0 aliphatic heterocycles. The summed E-state index contributed by atoms with van der Waals surface area (Å²) >= 11 is 0. The first-order valence-electron chi connectivity index (χ1n) is 8.46. The number of hydrogen-bond donors (Lipinski definition) is 3. The van der Waals surface area contributed by atoms with E-state index in [1.54, 1.807) is 42.5 Å². The van der Waals surface area contributed by atoms with Crippen LogP contribution in [0.1, 0.15) is 45.2 Å². The first-order valence-corrected chi connectivity index (χ1v) is 8.46. The van der Waals surface area contributed by atoms with Gasteiger partial charge in [-0.3, -0.25) is 9.59 Å². The molecular weight excluding hydrogens is 332 g/mol. The standard InChI is InChI=1S/C20H22N2O4/c1-2-21-19(24)16-9-7-14(8-10-16)13-22-18(23)12-11-15-5-3-4-6-17(15)20(25)26/h3-10H,2,11-13H2,1H3,(H,21,24)(H,22,23)(H,25,26). The first-order chi connectivity index (χ1) is 12.5. The van der Waals surface area contributed by atoms with Gasteiger partial charge in [-0.05, 0) is 42.7 Å². The second-order valence-electron chi connectivity index (χ2n) is 5.80. The van der Waals surface area contributed by atoms with Gasteiger partial charge in [0.05, 0.1) is 5.56 Å². The lowest BCUT2D eigenvalue weighted by Gasteiger charge is -2.08. The van der Waals surface area contributed by atoms with Gasteiger partial charge in [-0.2, -0.15) is 0 Å². The molecule has 0 radical (unpaired) electrons. The Kier molecular flexibility index (Phi) is 6.91. The molecule has 2 rings (SSSR count). The lowest BCUT2D eigenvalue weighted by molar-refractivity contribution is -0.121. The van der Waals surface area contributed by atoms with Crippen molar-refractivity contribution in [3.8, 4) is 0 Å². The largest absolute Gasteiger partial charge is 0.478 e. The van der Waals surface area contributed by atoms with Crippen molar-refractivity contribution in [2.75, 3.05) is 6.54 Å². The van der Waals surface area contributed by atoms with Gasteiger partial charge < -0.3 is 15.7 Å². The van der Waals surface area contributed by atoms with Crippen LogP contribution in [0.25, 0.3) is 0 Å². The van der Waals surface area contributed by atoms with Gasteiger partial charge in [0.25, 0.3) is 5.91 Å². The van der Waals surface area contributed by atoms with Crippen LogP contribution < -0.4 is 10.6 Å². The average molecular weight is 354 g/mol. The first kappa shape index (κ1) is 19.2. The Balaban J connectivity index is 1.84. The fourth-order valence-corrected chi connectivity index (χ4v) is 2.52. The molecule has 0 aliphatic carbocycles. The van der Waals surface area contributed by atoms with Crippen molar-refractivity contribution in [2.45, 2.75) is 26.3 Å². The lowest BCUT2D eigenvalue weighted by atomic mass is 10.0. The van der Waals surface area contributed by atoms with Gasteiger partial charge in [-0.25, -0.2) is 4.79 Å². The van der Waals surface area contributed by atoms with E-state index >= 15 is 0 Å². The van der Waals surface area contributed by atoms with Crippen LogP contribution in [0.4, 0.5) is 0 Å². The summed E-state index contributed by atoms with van der Waals surface area (Å²) in [6.07, 6.45) is 0.575. The number of carbonyl (C=O) groups excluding carboxylic acids is 2. The van der Waals surface area contributed by atoms with Gasteiger partial charge in [0.2, 0.25) is 5.91 Å². The molecule has 0 saturated carbocycles. The van der Waals surface area contributed by atoms with Crippen molar-refractivity contribution in [3.63, 3.8) is 0 Å². The minimum absolute atomic E-state index is 0.125. The summed E-state index contributed by atoms with van der Waals surface area (Å²) < 4.78 is 0. The minimum atomic E-state index is -0.992. The van der Waals surface area contributed by atoms with Crippen LogP contribution in [0.2, 0.25) is 0 Å². The third-order valence-electron chi connectivity index (χ3n) is 3.91. The van der Waals surface area contributed by atoms with Crippen LogP contribution in [-0.2, 0) is 17.8 Å². The molecule has 2 amide bonds. The van der Waals surface area contributed by atoms with E-state index in [4.69, 9.17) is 5.11 Å². The van der Waals surface area contributed by atoms with Gasteiger partial charge in [0.15, 0.2) is 0 Å². The van der Waals surface area contributed by atoms with E-state index in [9.17, 15) is 14.4 Å². The highest BCUT2D eigenvalue weighted by atomic mass is 16.4. The number of nitrogens with one attached hydrogen (secondary N) is 2. The van der Waals surface area contributed by atoms with E-state index in [0.29, 0.717) is 30.6 Å². The second-order valence-corrected chi connectivity index (χ2v) is 5.80. The zero-order valence-corrected chi connectivity index (χ0v) is 14.6. The predicted molar refractivity (Wildman–Crippen MR) is 98.0 cm³/mol. The topological polar surface area (TPSA) is 95.5 Å². The monoisotopic (exact) mass is 354 g/mol. The highest BCUT2D eigenvalue weighted by Crippen LogP contribution is 2.11. The fourth-order valence-electron chi connectivity index (χ4n) is 2.52. The summed E-state index contributed by atoms with van der Waals surface area (Å²) in [4.78, 5) is 34.9. The molecule has 136 valence electrons. The van der Waals surface area contributed by atoms with E-state index in [0.717, 1.165) is 5.56 Å². The summed E-state index contributed by atoms with van der Waals surface area (Å²) in [7, 11) is 0. The quantitative estimate of drug-likeness (QED) is 0.678. The van der Waals surface area contributed by atoms with Crippen LogP contribution >= 0.6 is 0 Å². The molecule has 0 spiro atoms. The SMILES string of the molecule is CCNC(=O)c1ccc(CNC(=O)CCc2ccccc2C(=O)O)cc1. The number of carbonyl (C=O) groups is 3. The third-order valence-corrected chi connectivity index (χ3v) is 3.91. The van der Waals surface area contributed by atoms with Crippen LogP contribution in [0.5, 0.6) is 0 Å². The van der Waals surface area contributed by atoms with Crippen LogP contribution in [0, 0.1) is 0 Å². The molecule has 0 atom stereocenters. The van der Waals surface area contributed by atoms with E-state index in [-0.39, 0.29) is 23.8 Å². The smallest absolute Gasteiger partial charge is 0.335 e. The molecule has 0 fully saturated rings. The van der Waals surface area contributed by atoms with E-state index in [1.165, 1.54) is 6.07 Å². The van der Waals surface area contributed by atoms with Crippen LogP contribution in [0.15, 0.2) is 48.5 Å². The Morgan fingerprint density at radius 3 is 2.31 bits per heavy atom. The van der Waals surface area contributed by atoms with E-state index in [1.807, 2.05) is 6.92 Å². The molecule has 2 aromatic carbocycles. The number of aromatic carboxylic acids is 1. The Hall–Kier alpha value is -3.15. The Morgan fingerprint density at radius 2 is 1.65 bits per heavy atom. The molecule has 26 heavy (non-hydrogen) atoms. The van der Waals surface area contributed by atoms with E-state index in [2.05, 4.69) is 10.6 Å². The molecule has 0 heterocycles. The zero-order valence-electron chi connectivity index (χ0n) is 14.6. The van der Waals surface area contributed by atoms with Crippen LogP contribution in [-0.4, -0.2) is 29.4 Å². The molecule has 0 bridgehead atoms. The molecule has 2 aromatic rings. The lowest BCUT2D eigenvalue weighted by Crippen LogP contribution is -2.24. The number of carboxylic acids is 1. The Morgan fingerprint density at radius 1 is 0.962 bits per heavy atom. The number of carboxylic acid groups (broad SMARTS) is 1. The van der Waals surface area contributed by atoms with Gasteiger partial charge in [-0.1, -0.05) is 30.3 Å². The van der Waals surface area contributed by atoms with Crippen LogP contribution in [0.3, 0.4) is 0 Å². The maximum absolute atomic E-state index is 12.0. The average Bonchev–Trinajstić information content (AvgIpc) is 2.65. The van der Waals surface area contributed by atoms with Crippen molar-refractivity contribution >= 4 is 17.8 Å². The molecule has 6 nitrogen and oxygen atoms in total. The van der Waals surface area contributed by atoms with Crippen molar-refractivity contribution < 1.29 is 19.5 Å². The highest BCUT2D eigenvalue weighted by molar-refractivity contribution is 5.94. The minimum Gasteiger partial charge on any atom is -0.478 e. The summed E-state index contributed by atoms with van der Waals surface area (Å²) in [5.41, 5.74) is 2.33. The molecule has 0 aromatic heterocycles. The van der Waals surface area contributed by atoms with Gasteiger partial charge in [0.1, 0.15) is 0 Å². The normalized spacial score (nSPS) is 10.2.